The van der Waals surface area contributed by atoms with Gasteiger partial charge in [-0.1, -0.05) is 30.3 Å². The summed E-state index contributed by atoms with van der Waals surface area (Å²) in [4.78, 5) is 66.0. The Hall–Kier alpha value is -3.55. The normalized spacial score (nSPS) is 21.4. The summed E-state index contributed by atoms with van der Waals surface area (Å²) >= 11 is 0. The Kier molecular flexibility index (Phi) is 10.2. The van der Waals surface area contributed by atoms with Gasteiger partial charge >= 0.3 is 5.97 Å². The molecule has 0 bridgehead atoms. The fraction of sp³-hybridized carbons (Fsp3) is 0.560. The largest absolute Gasteiger partial charge is 0.480 e. The lowest BCUT2D eigenvalue weighted by atomic mass is 10.0. The fourth-order valence-corrected chi connectivity index (χ4v) is 4.87. The molecule has 2 aliphatic heterocycles. The SMILES string of the molecule is N[C@@H](CO)C(=O)N1CCC[C@H]1C(=O)N[C@@H](CO)C(=O)N[C@@H](Cc1ccccc1)C(=O)N1CCC[C@H]1C(=O)O. The lowest BCUT2D eigenvalue weighted by Crippen LogP contribution is -2.59. The molecule has 2 fully saturated rings. The minimum Gasteiger partial charge on any atom is -0.480 e. The number of benzene rings is 1. The van der Waals surface area contributed by atoms with E-state index < -0.39 is 73.0 Å². The van der Waals surface area contributed by atoms with E-state index in [9.17, 15) is 39.3 Å². The van der Waals surface area contributed by atoms with Crippen molar-refractivity contribution < 1.29 is 39.3 Å². The third kappa shape index (κ3) is 6.85. The van der Waals surface area contributed by atoms with Crippen LogP contribution in [-0.4, -0.2) is 111 Å². The van der Waals surface area contributed by atoms with Gasteiger partial charge in [-0.2, -0.15) is 0 Å². The second-order valence-corrected chi connectivity index (χ2v) is 9.50. The van der Waals surface area contributed by atoms with Crippen molar-refractivity contribution in [2.24, 2.45) is 5.73 Å². The lowest BCUT2D eigenvalue weighted by molar-refractivity contribution is -0.149. The van der Waals surface area contributed by atoms with Crippen LogP contribution in [0.25, 0.3) is 0 Å². The van der Waals surface area contributed by atoms with Crippen molar-refractivity contribution in [2.45, 2.75) is 62.3 Å². The molecular weight excluding hydrogens is 498 g/mol. The maximum Gasteiger partial charge on any atom is 0.326 e. The number of nitrogens with one attached hydrogen (secondary N) is 2. The van der Waals surface area contributed by atoms with Gasteiger partial charge in [-0.05, 0) is 31.2 Å². The first kappa shape index (κ1) is 29.0. The molecule has 0 aromatic heterocycles. The van der Waals surface area contributed by atoms with Gasteiger partial charge in [0.2, 0.25) is 23.6 Å². The van der Waals surface area contributed by atoms with E-state index in [4.69, 9.17) is 5.73 Å². The zero-order chi connectivity index (χ0) is 27.8. The number of hydrogen-bond acceptors (Lipinski definition) is 8. The van der Waals surface area contributed by atoms with Gasteiger partial charge in [0.05, 0.1) is 13.2 Å². The highest BCUT2D eigenvalue weighted by atomic mass is 16.4. The molecule has 7 N–H and O–H groups in total. The second-order valence-electron chi connectivity index (χ2n) is 9.50. The molecule has 1 aromatic rings. The Labute approximate surface area is 220 Å². The van der Waals surface area contributed by atoms with E-state index in [1.807, 2.05) is 0 Å². The summed E-state index contributed by atoms with van der Waals surface area (Å²) in [5.41, 5.74) is 6.34. The third-order valence-electron chi connectivity index (χ3n) is 6.89. The lowest BCUT2D eigenvalue weighted by Gasteiger charge is -2.29. The van der Waals surface area contributed by atoms with Crippen molar-refractivity contribution in [3.63, 3.8) is 0 Å². The summed E-state index contributed by atoms with van der Waals surface area (Å²) in [5.74, 6) is -3.79. The van der Waals surface area contributed by atoms with Crippen LogP contribution in [0.3, 0.4) is 0 Å². The van der Waals surface area contributed by atoms with Crippen LogP contribution in [0.4, 0.5) is 0 Å². The van der Waals surface area contributed by atoms with Crippen LogP contribution in [-0.2, 0) is 30.4 Å². The topological polar surface area (TPSA) is 203 Å². The molecule has 38 heavy (non-hydrogen) atoms. The smallest absolute Gasteiger partial charge is 0.326 e. The molecule has 2 heterocycles. The van der Waals surface area contributed by atoms with E-state index in [0.717, 1.165) is 5.56 Å². The molecule has 4 amide bonds. The number of carbonyl (C=O) groups is 5. The fourth-order valence-electron chi connectivity index (χ4n) is 4.87. The molecule has 2 aliphatic rings. The average Bonchev–Trinajstić information content (AvgIpc) is 3.61. The number of aliphatic hydroxyl groups is 2. The van der Waals surface area contributed by atoms with Gasteiger partial charge in [-0.3, -0.25) is 19.2 Å². The van der Waals surface area contributed by atoms with Crippen molar-refractivity contribution >= 4 is 29.6 Å². The number of aliphatic hydroxyl groups excluding tert-OH is 2. The van der Waals surface area contributed by atoms with Crippen LogP contribution >= 0.6 is 0 Å². The number of aliphatic carboxylic acids is 1. The first-order valence-corrected chi connectivity index (χ1v) is 12.6. The molecule has 0 spiro atoms. The van der Waals surface area contributed by atoms with E-state index in [2.05, 4.69) is 10.6 Å². The van der Waals surface area contributed by atoms with Crippen LogP contribution in [0, 0.1) is 0 Å². The molecule has 13 heteroatoms. The van der Waals surface area contributed by atoms with E-state index in [1.54, 1.807) is 30.3 Å². The Bertz CT molecular complexity index is 1020. The highest BCUT2D eigenvalue weighted by Gasteiger charge is 2.40. The highest BCUT2D eigenvalue weighted by Crippen LogP contribution is 2.20. The summed E-state index contributed by atoms with van der Waals surface area (Å²) in [7, 11) is 0. The minimum absolute atomic E-state index is 0.0737. The number of rotatable bonds is 11. The van der Waals surface area contributed by atoms with Gasteiger partial charge in [0.25, 0.3) is 0 Å². The van der Waals surface area contributed by atoms with Gasteiger partial charge in [0.1, 0.15) is 30.2 Å². The summed E-state index contributed by atoms with van der Waals surface area (Å²) in [6.07, 6.45) is 1.73. The van der Waals surface area contributed by atoms with Crippen molar-refractivity contribution in [3.8, 4) is 0 Å². The van der Waals surface area contributed by atoms with Crippen molar-refractivity contribution in [1.82, 2.24) is 20.4 Å². The molecule has 5 atom stereocenters. The van der Waals surface area contributed by atoms with E-state index >= 15 is 0 Å². The molecule has 13 nitrogen and oxygen atoms in total. The zero-order valence-corrected chi connectivity index (χ0v) is 21.0. The predicted molar refractivity (Wildman–Crippen MR) is 133 cm³/mol. The van der Waals surface area contributed by atoms with E-state index in [0.29, 0.717) is 25.7 Å². The number of carboxylic acids is 1. The van der Waals surface area contributed by atoms with Gasteiger partial charge in [-0.25, -0.2) is 4.79 Å². The minimum atomic E-state index is -1.42. The molecule has 208 valence electrons. The third-order valence-corrected chi connectivity index (χ3v) is 6.89. The highest BCUT2D eigenvalue weighted by molar-refractivity contribution is 5.96. The Morgan fingerprint density at radius 2 is 1.47 bits per heavy atom. The maximum absolute atomic E-state index is 13.4. The van der Waals surface area contributed by atoms with Crippen molar-refractivity contribution in [1.29, 1.82) is 0 Å². The number of likely N-dealkylation sites (tertiary alicyclic amines) is 2. The zero-order valence-electron chi connectivity index (χ0n) is 21.0. The molecule has 0 unspecified atom stereocenters. The number of hydrogen-bond donors (Lipinski definition) is 6. The standard InChI is InChI=1S/C25H35N5O8/c26-16(13-31)23(35)29-10-4-8-19(29)22(34)28-18(14-32)21(33)27-17(12-15-6-2-1-3-7-15)24(36)30-11-5-9-20(30)25(37)38/h1-3,6-7,16-20,31-32H,4-5,8-14,26H2,(H,27,33)(H,28,34)(H,37,38)/t16-,17-,18-,19-,20-/m0/s1. The summed E-state index contributed by atoms with van der Waals surface area (Å²) < 4.78 is 0. The summed E-state index contributed by atoms with van der Waals surface area (Å²) in [6, 6.07) is 3.19. The van der Waals surface area contributed by atoms with Crippen LogP contribution in [0.15, 0.2) is 30.3 Å². The predicted octanol–water partition coefficient (Wildman–Crippen LogP) is -2.42. The Morgan fingerprint density at radius 3 is 2.05 bits per heavy atom. The Morgan fingerprint density at radius 1 is 0.868 bits per heavy atom. The summed E-state index contributed by atoms with van der Waals surface area (Å²) in [6.45, 7) is -0.864. The van der Waals surface area contributed by atoms with Crippen LogP contribution in [0.1, 0.15) is 31.2 Å². The van der Waals surface area contributed by atoms with E-state index in [-0.39, 0.29) is 19.5 Å². The molecule has 0 radical (unpaired) electrons. The molecule has 3 rings (SSSR count). The van der Waals surface area contributed by atoms with Gasteiger partial charge in [-0.15, -0.1) is 0 Å². The average molecular weight is 534 g/mol. The van der Waals surface area contributed by atoms with Gasteiger partial charge in [0.15, 0.2) is 0 Å². The molecule has 1 aromatic carbocycles. The second kappa shape index (κ2) is 13.3. The van der Waals surface area contributed by atoms with Crippen LogP contribution < -0.4 is 16.4 Å². The molecule has 2 saturated heterocycles. The molecule has 0 aliphatic carbocycles. The Balaban J connectivity index is 1.73. The maximum atomic E-state index is 13.4. The van der Waals surface area contributed by atoms with Crippen molar-refractivity contribution in [3.05, 3.63) is 35.9 Å². The van der Waals surface area contributed by atoms with Gasteiger partial charge in [0, 0.05) is 19.5 Å². The van der Waals surface area contributed by atoms with Crippen LogP contribution in [0.5, 0.6) is 0 Å². The van der Waals surface area contributed by atoms with Crippen molar-refractivity contribution in [2.75, 3.05) is 26.3 Å². The van der Waals surface area contributed by atoms with Crippen LogP contribution in [0.2, 0.25) is 0 Å². The number of nitrogens with two attached hydrogens (primary N) is 1. The molecular formula is C25H35N5O8. The summed E-state index contributed by atoms with van der Waals surface area (Å²) in [5, 5.41) is 33.6. The first-order chi connectivity index (χ1) is 18.2. The number of carboxylic acid groups (broad SMARTS) is 1. The number of amides is 4. The quantitative estimate of drug-likeness (QED) is 0.179. The first-order valence-electron chi connectivity index (χ1n) is 12.6. The van der Waals surface area contributed by atoms with E-state index in [1.165, 1.54) is 9.80 Å². The molecule has 0 saturated carbocycles. The van der Waals surface area contributed by atoms with Gasteiger partial charge < -0.3 is 41.5 Å². The number of carbonyl (C=O) groups excluding carboxylic acids is 4. The monoisotopic (exact) mass is 533 g/mol. The number of nitrogens with zero attached hydrogens (tertiary/aromatic N) is 2.